The SMILES string of the molecule is Cc1nn(C(C)C)cc1CNCc1ccn(C(C)C)n1. The predicted octanol–water partition coefficient (Wildman–Crippen LogP) is 2.84. The average Bonchev–Trinajstić information content (AvgIpc) is 2.97. The lowest BCUT2D eigenvalue weighted by molar-refractivity contribution is 0.521. The van der Waals surface area contributed by atoms with Crippen molar-refractivity contribution >= 4 is 0 Å². The second kappa shape index (κ2) is 6.22. The molecular weight excluding hydrogens is 250 g/mol. The number of hydrogen-bond acceptors (Lipinski definition) is 3. The lowest BCUT2D eigenvalue weighted by Gasteiger charge is -2.05. The number of nitrogens with zero attached hydrogens (tertiary/aromatic N) is 4. The van der Waals surface area contributed by atoms with E-state index in [1.807, 2.05) is 15.6 Å². The number of rotatable bonds is 6. The van der Waals surface area contributed by atoms with Crippen LogP contribution in [-0.4, -0.2) is 19.6 Å². The molecule has 0 unspecified atom stereocenters. The second-order valence-corrected chi connectivity index (χ2v) is 5.80. The molecule has 2 aromatic rings. The van der Waals surface area contributed by atoms with Crippen molar-refractivity contribution in [1.29, 1.82) is 0 Å². The van der Waals surface area contributed by atoms with Crippen LogP contribution in [0.3, 0.4) is 0 Å². The summed E-state index contributed by atoms with van der Waals surface area (Å²) in [6, 6.07) is 2.89. The van der Waals surface area contributed by atoms with E-state index >= 15 is 0 Å². The molecular formula is C15H25N5. The van der Waals surface area contributed by atoms with Gasteiger partial charge in [-0.2, -0.15) is 10.2 Å². The zero-order valence-electron chi connectivity index (χ0n) is 13.1. The first-order chi connectivity index (χ1) is 9.47. The maximum absolute atomic E-state index is 4.53. The topological polar surface area (TPSA) is 47.7 Å². The summed E-state index contributed by atoms with van der Waals surface area (Å²) in [5, 5.41) is 12.5. The second-order valence-electron chi connectivity index (χ2n) is 5.80. The summed E-state index contributed by atoms with van der Waals surface area (Å²) < 4.78 is 4.00. The lowest BCUT2D eigenvalue weighted by Crippen LogP contribution is -2.14. The normalized spacial score (nSPS) is 11.8. The van der Waals surface area contributed by atoms with Gasteiger partial charge in [-0.05, 0) is 40.7 Å². The van der Waals surface area contributed by atoms with Crippen LogP contribution in [0.15, 0.2) is 18.5 Å². The minimum Gasteiger partial charge on any atom is -0.307 e. The Morgan fingerprint density at radius 3 is 2.30 bits per heavy atom. The molecule has 0 saturated carbocycles. The molecule has 110 valence electrons. The van der Waals surface area contributed by atoms with Gasteiger partial charge in [0.05, 0.1) is 11.4 Å². The van der Waals surface area contributed by atoms with Gasteiger partial charge < -0.3 is 5.32 Å². The van der Waals surface area contributed by atoms with Crippen LogP contribution in [0.1, 0.15) is 56.7 Å². The van der Waals surface area contributed by atoms with Crippen molar-refractivity contribution in [2.75, 3.05) is 0 Å². The fourth-order valence-electron chi connectivity index (χ4n) is 2.04. The Labute approximate surface area is 121 Å². The third-order valence-corrected chi connectivity index (χ3v) is 3.36. The van der Waals surface area contributed by atoms with E-state index in [9.17, 15) is 0 Å². The lowest BCUT2D eigenvalue weighted by atomic mass is 10.2. The summed E-state index contributed by atoms with van der Waals surface area (Å²) in [4.78, 5) is 0. The quantitative estimate of drug-likeness (QED) is 0.882. The van der Waals surface area contributed by atoms with E-state index < -0.39 is 0 Å². The van der Waals surface area contributed by atoms with Crippen LogP contribution in [-0.2, 0) is 13.1 Å². The molecule has 0 amide bonds. The molecule has 2 aromatic heterocycles. The molecule has 0 aliphatic heterocycles. The zero-order valence-corrected chi connectivity index (χ0v) is 13.1. The van der Waals surface area contributed by atoms with Gasteiger partial charge in [0.1, 0.15) is 0 Å². The Kier molecular flexibility index (Phi) is 4.60. The van der Waals surface area contributed by atoms with Crippen LogP contribution in [0.4, 0.5) is 0 Å². The first kappa shape index (κ1) is 14.8. The third kappa shape index (κ3) is 3.48. The summed E-state index contributed by atoms with van der Waals surface area (Å²) in [7, 11) is 0. The van der Waals surface area contributed by atoms with Gasteiger partial charge in [0.2, 0.25) is 0 Å². The molecule has 1 N–H and O–H groups in total. The van der Waals surface area contributed by atoms with Crippen LogP contribution in [0, 0.1) is 6.92 Å². The number of nitrogens with one attached hydrogen (secondary N) is 1. The van der Waals surface area contributed by atoms with E-state index in [0.717, 1.165) is 24.5 Å². The smallest absolute Gasteiger partial charge is 0.0762 e. The van der Waals surface area contributed by atoms with Gasteiger partial charge in [-0.25, -0.2) is 0 Å². The van der Waals surface area contributed by atoms with Crippen molar-refractivity contribution in [3.05, 3.63) is 35.4 Å². The fraction of sp³-hybridized carbons (Fsp3) is 0.600. The highest BCUT2D eigenvalue weighted by atomic mass is 15.3. The van der Waals surface area contributed by atoms with E-state index in [4.69, 9.17) is 0 Å². The molecule has 2 heterocycles. The van der Waals surface area contributed by atoms with Crippen molar-refractivity contribution in [2.45, 2.75) is 59.8 Å². The summed E-state index contributed by atoms with van der Waals surface area (Å²) in [5.74, 6) is 0. The monoisotopic (exact) mass is 275 g/mol. The third-order valence-electron chi connectivity index (χ3n) is 3.36. The van der Waals surface area contributed by atoms with Crippen LogP contribution < -0.4 is 5.32 Å². The van der Waals surface area contributed by atoms with Crippen LogP contribution in [0.5, 0.6) is 0 Å². The Bertz CT molecular complexity index is 550. The molecule has 0 spiro atoms. The van der Waals surface area contributed by atoms with Crippen molar-refractivity contribution < 1.29 is 0 Å². The predicted molar refractivity (Wildman–Crippen MR) is 80.5 cm³/mol. The molecule has 5 heteroatoms. The summed E-state index contributed by atoms with van der Waals surface area (Å²) in [6.45, 7) is 12.2. The minimum atomic E-state index is 0.407. The molecule has 2 rings (SSSR count). The Morgan fingerprint density at radius 1 is 1.05 bits per heavy atom. The first-order valence-electron chi connectivity index (χ1n) is 7.26. The average molecular weight is 275 g/mol. The molecule has 0 atom stereocenters. The van der Waals surface area contributed by atoms with Gasteiger partial charge >= 0.3 is 0 Å². The van der Waals surface area contributed by atoms with E-state index in [-0.39, 0.29) is 0 Å². The van der Waals surface area contributed by atoms with Crippen molar-refractivity contribution in [3.63, 3.8) is 0 Å². The van der Waals surface area contributed by atoms with Gasteiger partial charge in [0, 0.05) is 43.1 Å². The molecule has 0 aromatic carbocycles. The van der Waals surface area contributed by atoms with Gasteiger partial charge in [0.25, 0.3) is 0 Å². The van der Waals surface area contributed by atoms with Crippen LogP contribution in [0.2, 0.25) is 0 Å². The molecule has 0 saturated heterocycles. The van der Waals surface area contributed by atoms with E-state index in [2.05, 4.69) is 62.4 Å². The Morgan fingerprint density at radius 2 is 1.75 bits per heavy atom. The van der Waals surface area contributed by atoms with Crippen molar-refractivity contribution in [1.82, 2.24) is 24.9 Å². The van der Waals surface area contributed by atoms with E-state index in [1.54, 1.807) is 0 Å². The van der Waals surface area contributed by atoms with Crippen molar-refractivity contribution in [3.8, 4) is 0 Å². The number of aromatic nitrogens is 4. The van der Waals surface area contributed by atoms with Gasteiger partial charge in [-0.1, -0.05) is 0 Å². The van der Waals surface area contributed by atoms with Crippen molar-refractivity contribution in [2.24, 2.45) is 0 Å². The van der Waals surface area contributed by atoms with Gasteiger partial charge in [0.15, 0.2) is 0 Å². The zero-order chi connectivity index (χ0) is 14.7. The molecule has 20 heavy (non-hydrogen) atoms. The van der Waals surface area contributed by atoms with E-state index in [1.165, 1.54) is 5.56 Å². The largest absolute Gasteiger partial charge is 0.307 e. The highest BCUT2D eigenvalue weighted by molar-refractivity contribution is 5.15. The van der Waals surface area contributed by atoms with Gasteiger partial charge in [-0.3, -0.25) is 9.36 Å². The van der Waals surface area contributed by atoms with Gasteiger partial charge in [-0.15, -0.1) is 0 Å². The van der Waals surface area contributed by atoms with Crippen LogP contribution >= 0.6 is 0 Å². The summed E-state index contributed by atoms with van der Waals surface area (Å²) in [5.41, 5.74) is 3.42. The Balaban J connectivity index is 1.89. The highest BCUT2D eigenvalue weighted by Crippen LogP contribution is 2.10. The molecule has 5 nitrogen and oxygen atoms in total. The standard InChI is InChI=1S/C15H25N5/c1-11(2)19-7-6-15(18-19)9-16-8-14-10-20(12(3)4)17-13(14)5/h6-7,10-12,16H,8-9H2,1-5H3. The summed E-state index contributed by atoms with van der Waals surface area (Å²) >= 11 is 0. The molecule has 0 fully saturated rings. The number of hydrogen-bond donors (Lipinski definition) is 1. The maximum Gasteiger partial charge on any atom is 0.0762 e. The number of aryl methyl sites for hydroxylation is 1. The molecule has 0 aliphatic rings. The molecule has 0 bridgehead atoms. The fourth-order valence-corrected chi connectivity index (χ4v) is 2.04. The molecule has 0 aliphatic carbocycles. The van der Waals surface area contributed by atoms with E-state index in [0.29, 0.717) is 12.1 Å². The first-order valence-corrected chi connectivity index (χ1v) is 7.26. The highest BCUT2D eigenvalue weighted by Gasteiger charge is 2.07. The Hall–Kier alpha value is -1.62. The van der Waals surface area contributed by atoms with Crippen LogP contribution in [0.25, 0.3) is 0 Å². The summed E-state index contributed by atoms with van der Waals surface area (Å²) in [6.07, 6.45) is 4.16. The molecule has 0 radical (unpaired) electrons. The maximum atomic E-state index is 4.53. The minimum absolute atomic E-state index is 0.407.